The molecule has 1 heterocycles. The molecule has 0 aliphatic heterocycles. The second-order valence-electron chi connectivity index (χ2n) is 6.15. The number of benzene rings is 2. The van der Waals surface area contributed by atoms with Crippen molar-refractivity contribution in [2.45, 2.75) is 12.2 Å². The minimum Gasteiger partial charge on any atom is -0.394 e. The van der Waals surface area contributed by atoms with Crippen LogP contribution in [0.15, 0.2) is 60.8 Å². The van der Waals surface area contributed by atoms with Gasteiger partial charge in [-0.05, 0) is 30.3 Å². The molecule has 3 rings (SSSR count). The molecular weight excluding hydrogens is 387 g/mol. The van der Waals surface area contributed by atoms with Crippen molar-refractivity contribution in [2.24, 2.45) is 0 Å². The van der Waals surface area contributed by atoms with Gasteiger partial charge in [0.25, 0.3) is 5.91 Å². The molecule has 1 unspecified atom stereocenters. The Morgan fingerprint density at radius 3 is 2.55 bits per heavy atom. The average molecular weight is 403 g/mol. The molecule has 9 heteroatoms. The number of nitrogens with zero attached hydrogens (tertiary/aromatic N) is 1. The fourth-order valence-electron chi connectivity index (χ4n) is 2.73. The summed E-state index contributed by atoms with van der Waals surface area (Å²) in [5.41, 5.74) is -0.204. The van der Waals surface area contributed by atoms with Gasteiger partial charge in [-0.2, -0.15) is 13.2 Å². The number of aliphatic hydroxyl groups is 1. The van der Waals surface area contributed by atoms with Crippen LogP contribution in [-0.4, -0.2) is 34.6 Å². The minimum absolute atomic E-state index is 0.105. The first-order valence-corrected chi connectivity index (χ1v) is 8.53. The molecule has 0 aliphatic rings. The summed E-state index contributed by atoms with van der Waals surface area (Å²) < 4.78 is 38.4. The standard InChI is InChI=1S/C20H16F3N3O3/c21-20(22,23)12-4-3-5-13(10-12)25-19(29)17(11-27)26-18(28)15-8-9-24-16-7-2-1-6-14(15)16/h1-10,17,27H,11H2,(H,25,29)(H,26,28). The van der Waals surface area contributed by atoms with Crippen LogP contribution in [0.3, 0.4) is 0 Å². The number of aliphatic hydroxyl groups excluding tert-OH is 1. The Hall–Kier alpha value is -3.46. The summed E-state index contributed by atoms with van der Waals surface area (Å²) >= 11 is 0. The van der Waals surface area contributed by atoms with E-state index in [4.69, 9.17) is 0 Å². The van der Waals surface area contributed by atoms with Crippen LogP contribution >= 0.6 is 0 Å². The van der Waals surface area contributed by atoms with Gasteiger partial charge in [0.15, 0.2) is 0 Å². The van der Waals surface area contributed by atoms with Crippen LogP contribution in [0.5, 0.6) is 0 Å². The zero-order valence-electron chi connectivity index (χ0n) is 14.9. The van der Waals surface area contributed by atoms with Crippen molar-refractivity contribution < 1.29 is 27.9 Å². The van der Waals surface area contributed by atoms with E-state index in [1.807, 2.05) is 0 Å². The van der Waals surface area contributed by atoms with Crippen LogP contribution in [0, 0.1) is 0 Å². The number of fused-ring (bicyclic) bond motifs is 1. The number of halogens is 3. The number of hydrogen-bond donors (Lipinski definition) is 3. The van der Waals surface area contributed by atoms with Crippen LogP contribution in [0.1, 0.15) is 15.9 Å². The largest absolute Gasteiger partial charge is 0.416 e. The number of rotatable bonds is 5. The van der Waals surface area contributed by atoms with Crippen molar-refractivity contribution in [1.82, 2.24) is 10.3 Å². The molecule has 2 aromatic carbocycles. The summed E-state index contributed by atoms with van der Waals surface area (Å²) in [5.74, 6) is -1.47. The zero-order valence-corrected chi connectivity index (χ0v) is 14.9. The summed E-state index contributed by atoms with van der Waals surface area (Å²) in [6.45, 7) is -0.737. The van der Waals surface area contributed by atoms with E-state index in [1.165, 1.54) is 18.3 Å². The Kier molecular flexibility index (Phi) is 5.79. The van der Waals surface area contributed by atoms with Crippen molar-refractivity contribution in [3.05, 3.63) is 71.9 Å². The van der Waals surface area contributed by atoms with Gasteiger partial charge < -0.3 is 15.7 Å². The predicted molar refractivity (Wildman–Crippen MR) is 100 cm³/mol. The smallest absolute Gasteiger partial charge is 0.394 e. The molecule has 0 saturated heterocycles. The fourth-order valence-corrected chi connectivity index (χ4v) is 2.73. The van der Waals surface area contributed by atoms with Gasteiger partial charge in [-0.1, -0.05) is 24.3 Å². The second-order valence-corrected chi connectivity index (χ2v) is 6.15. The molecule has 29 heavy (non-hydrogen) atoms. The average Bonchev–Trinajstić information content (AvgIpc) is 2.70. The number of aromatic nitrogens is 1. The monoisotopic (exact) mass is 403 g/mol. The lowest BCUT2D eigenvalue weighted by atomic mass is 10.1. The van der Waals surface area contributed by atoms with Gasteiger partial charge in [0.1, 0.15) is 6.04 Å². The highest BCUT2D eigenvalue weighted by Crippen LogP contribution is 2.30. The molecule has 0 aliphatic carbocycles. The lowest BCUT2D eigenvalue weighted by Gasteiger charge is -2.17. The van der Waals surface area contributed by atoms with E-state index < -0.39 is 36.2 Å². The molecule has 6 nitrogen and oxygen atoms in total. The van der Waals surface area contributed by atoms with E-state index >= 15 is 0 Å². The number of pyridine rings is 1. The van der Waals surface area contributed by atoms with Crippen LogP contribution in [0.4, 0.5) is 18.9 Å². The van der Waals surface area contributed by atoms with Gasteiger partial charge in [0.05, 0.1) is 23.3 Å². The third-order valence-electron chi connectivity index (χ3n) is 4.16. The van der Waals surface area contributed by atoms with Crippen LogP contribution in [0.2, 0.25) is 0 Å². The Morgan fingerprint density at radius 2 is 1.83 bits per heavy atom. The van der Waals surface area contributed by atoms with E-state index in [1.54, 1.807) is 24.3 Å². The molecule has 2 amide bonds. The van der Waals surface area contributed by atoms with Crippen LogP contribution < -0.4 is 10.6 Å². The second kappa shape index (κ2) is 8.27. The Bertz CT molecular complexity index is 1050. The van der Waals surface area contributed by atoms with Gasteiger partial charge in [-0.25, -0.2) is 0 Å². The molecule has 0 radical (unpaired) electrons. The first-order valence-electron chi connectivity index (χ1n) is 8.53. The maximum absolute atomic E-state index is 12.8. The highest BCUT2D eigenvalue weighted by atomic mass is 19.4. The van der Waals surface area contributed by atoms with Crippen molar-refractivity contribution in [3.63, 3.8) is 0 Å². The number of carbonyl (C=O) groups is 2. The Morgan fingerprint density at radius 1 is 1.07 bits per heavy atom. The lowest BCUT2D eigenvalue weighted by Crippen LogP contribution is -2.46. The SMILES string of the molecule is O=C(NC(CO)C(=O)Nc1cccc(C(F)(F)F)c1)c1ccnc2ccccc12. The van der Waals surface area contributed by atoms with E-state index in [-0.39, 0.29) is 11.3 Å². The first kappa shape index (κ1) is 20.3. The molecule has 0 fully saturated rings. The van der Waals surface area contributed by atoms with Gasteiger partial charge in [0.2, 0.25) is 5.91 Å². The third-order valence-corrected chi connectivity index (χ3v) is 4.16. The molecule has 3 aromatic rings. The molecular formula is C20H16F3N3O3. The summed E-state index contributed by atoms with van der Waals surface area (Å²) in [6, 6.07) is 11.1. The Balaban J connectivity index is 1.76. The van der Waals surface area contributed by atoms with Crippen molar-refractivity contribution in [2.75, 3.05) is 11.9 Å². The lowest BCUT2D eigenvalue weighted by molar-refractivity contribution is -0.137. The predicted octanol–water partition coefficient (Wildman–Crippen LogP) is 2.98. The van der Waals surface area contributed by atoms with Crippen LogP contribution in [0.25, 0.3) is 10.9 Å². The van der Waals surface area contributed by atoms with Gasteiger partial charge >= 0.3 is 6.18 Å². The molecule has 0 saturated carbocycles. The number of amides is 2. The number of para-hydroxylation sites is 1. The van der Waals surface area contributed by atoms with Gasteiger partial charge in [0, 0.05) is 17.3 Å². The van der Waals surface area contributed by atoms with Crippen molar-refractivity contribution in [3.8, 4) is 0 Å². The summed E-state index contributed by atoms with van der Waals surface area (Å²) in [4.78, 5) is 29.1. The quantitative estimate of drug-likeness (QED) is 0.611. The topological polar surface area (TPSA) is 91.3 Å². The normalized spacial score (nSPS) is 12.4. The number of hydrogen-bond acceptors (Lipinski definition) is 4. The molecule has 0 spiro atoms. The molecule has 150 valence electrons. The molecule has 3 N–H and O–H groups in total. The summed E-state index contributed by atoms with van der Waals surface area (Å²) in [7, 11) is 0. The fraction of sp³-hybridized carbons (Fsp3) is 0.150. The van der Waals surface area contributed by atoms with Gasteiger partial charge in [-0.15, -0.1) is 0 Å². The highest BCUT2D eigenvalue weighted by molar-refractivity contribution is 6.08. The van der Waals surface area contributed by atoms with Gasteiger partial charge in [-0.3, -0.25) is 14.6 Å². The maximum atomic E-state index is 12.8. The highest BCUT2D eigenvalue weighted by Gasteiger charge is 2.31. The maximum Gasteiger partial charge on any atom is 0.416 e. The van der Waals surface area contributed by atoms with Crippen molar-refractivity contribution >= 4 is 28.4 Å². The first-order chi connectivity index (χ1) is 13.8. The van der Waals surface area contributed by atoms with E-state index in [0.29, 0.717) is 10.9 Å². The molecule has 1 aromatic heterocycles. The third kappa shape index (κ3) is 4.69. The van der Waals surface area contributed by atoms with E-state index in [0.717, 1.165) is 18.2 Å². The minimum atomic E-state index is -4.56. The molecule has 0 bridgehead atoms. The van der Waals surface area contributed by atoms with E-state index in [9.17, 15) is 27.9 Å². The zero-order chi connectivity index (χ0) is 21.0. The van der Waals surface area contributed by atoms with E-state index in [2.05, 4.69) is 15.6 Å². The molecule has 1 atom stereocenters. The number of anilines is 1. The van der Waals surface area contributed by atoms with Crippen LogP contribution in [-0.2, 0) is 11.0 Å². The summed E-state index contributed by atoms with van der Waals surface area (Å²) in [6.07, 6.45) is -3.12. The van der Waals surface area contributed by atoms with Crippen molar-refractivity contribution in [1.29, 1.82) is 0 Å². The number of nitrogens with one attached hydrogen (secondary N) is 2. The summed E-state index contributed by atoms with van der Waals surface area (Å²) in [5, 5.41) is 14.7. The Labute approximate surface area is 163 Å². The number of carbonyl (C=O) groups excluding carboxylic acids is 2. The number of alkyl halides is 3.